The van der Waals surface area contributed by atoms with Crippen LogP contribution in [-0.4, -0.2) is 30.1 Å². The smallest absolute Gasteiger partial charge is 0.295 e. The number of nitro benzene ring substituents is 1. The van der Waals surface area contributed by atoms with Crippen LogP contribution >= 0.6 is 0 Å². The van der Waals surface area contributed by atoms with Crippen LogP contribution in [0.3, 0.4) is 0 Å². The molecule has 1 fully saturated rings. The highest BCUT2D eigenvalue weighted by molar-refractivity contribution is 5.67. The average Bonchev–Trinajstić information content (AvgIpc) is 2.30. The van der Waals surface area contributed by atoms with Crippen LogP contribution in [-0.2, 0) is 0 Å². The van der Waals surface area contributed by atoms with Gasteiger partial charge in [0.2, 0.25) is 0 Å². The molecule has 7 heteroatoms. The molecule has 1 saturated heterocycles. The van der Waals surface area contributed by atoms with Crippen LogP contribution in [0.4, 0.5) is 21.5 Å². The number of nitrogens with one attached hydrogen (secondary N) is 1. The first-order chi connectivity index (χ1) is 8.88. The summed E-state index contributed by atoms with van der Waals surface area (Å²) in [6, 6.07) is 2.68. The number of nitro groups is 1. The lowest BCUT2D eigenvalue weighted by atomic mass is 10.1. The second-order valence-corrected chi connectivity index (χ2v) is 4.99. The molecule has 0 saturated carbocycles. The molecule has 0 bridgehead atoms. The maximum absolute atomic E-state index is 14.0. The van der Waals surface area contributed by atoms with E-state index in [1.165, 1.54) is 6.07 Å². The Bertz CT molecular complexity index is 499. The summed E-state index contributed by atoms with van der Waals surface area (Å²) in [6.07, 6.45) is 0. The summed E-state index contributed by atoms with van der Waals surface area (Å²) in [5.74, 6) is -0.609. The van der Waals surface area contributed by atoms with E-state index >= 15 is 0 Å². The number of halogens is 1. The van der Waals surface area contributed by atoms with Crippen LogP contribution in [0.5, 0.6) is 0 Å². The molecule has 0 aromatic heterocycles. The molecule has 0 spiro atoms. The van der Waals surface area contributed by atoms with Crippen molar-refractivity contribution >= 4 is 17.1 Å². The number of nitrogens with two attached hydrogens (primary N) is 1. The van der Waals surface area contributed by atoms with Crippen LogP contribution in [0, 0.1) is 15.9 Å². The second kappa shape index (κ2) is 5.00. The first-order valence-corrected chi connectivity index (χ1v) is 6.13. The molecule has 6 nitrogen and oxygen atoms in total. The Morgan fingerprint density at radius 1 is 1.42 bits per heavy atom. The fourth-order valence-electron chi connectivity index (χ4n) is 2.49. The van der Waals surface area contributed by atoms with Crippen molar-refractivity contribution in [1.82, 2.24) is 5.32 Å². The molecule has 1 aliphatic heterocycles. The SMILES string of the molecule is C[C@@H]1CN(c2cc(N)c([N+](=O)[O-])cc2F)C[C@H](C)N1. The number of piperazine rings is 1. The minimum atomic E-state index is -0.675. The normalized spacial score (nSPS) is 23.4. The number of nitrogen functional groups attached to an aromatic ring is 1. The van der Waals surface area contributed by atoms with Crippen LogP contribution in [0.2, 0.25) is 0 Å². The number of anilines is 2. The number of hydrogen-bond acceptors (Lipinski definition) is 5. The quantitative estimate of drug-likeness (QED) is 0.482. The molecule has 2 atom stereocenters. The molecule has 1 heterocycles. The zero-order valence-electron chi connectivity index (χ0n) is 10.9. The largest absolute Gasteiger partial charge is 0.393 e. The van der Waals surface area contributed by atoms with Gasteiger partial charge < -0.3 is 16.0 Å². The van der Waals surface area contributed by atoms with E-state index in [4.69, 9.17) is 5.73 Å². The third-order valence-corrected chi connectivity index (χ3v) is 3.19. The molecule has 3 N–H and O–H groups in total. The third-order valence-electron chi connectivity index (χ3n) is 3.19. The van der Waals surface area contributed by atoms with Crippen LogP contribution in [0.1, 0.15) is 13.8 Å². The molecule has 0 unspecified atom stereocenters. The van der Waals surface area contributed by atoms with Crippen molar-refractivity contribution in [1.29, 1.82) is 0 Å². The predicted molar refractivity (Wildman–Crippen MR) is 71.7 cm³/mol. The van der Waals surface area contributed by atoms with Crippen LogP contribution < -0.4 is 16.0 Å². The van der Waals surface area contributed by atoms with Gasteiger partial charge in [-0.2, -0.15) is 0 Å². The zero-order valence-corrected chi connectivity index (χ0v) is 10.9. The molecule has 1 aliphatic rings. The maximum Gasteiger partial charge on any atom is 0.295 e. The van der Waals surface area contributed by atoms with Gasteiger partial charge in [0, 0.05) is 25.2 Å². The van der Waals surface area contributed by atoms with Crippen molar-refractivity contribution in [2.75, 3.05) is 23.7 Å². The summed E-state index contributed by atoms with van der Waals surface area (Å²) in [5, 5.41) is 14.0. The topological polar surface area (TPSA) is 84.4 Å². The maximum atomic E-state index is 14.0. The van der Waals surface area contributed by atoms with E-state index in [0.717, 1.165) is 6.07 Å². The Labute approximate surface area is 110 Å². The summed E-state index contributed by atoms with van der Waals surface area (Å²) in [6.45, 7) is 5.29. The average molecular weight is 268 g/mol. The number of benzene rings is 1. The Morgan fingerprint density at radius 2 is 2.00 bits per heavy atom. The fraction of sp³-hybridized carbons (Fsp3) is 0.500. The summed E-state index contributed by atoms with van der Waals surface area (Å²) < 4.78 is 14.0. The monoisotopic (exact) mass is 268 g/mol. The second-order valence-electron chi connectivity index (χ2n) is 4.99. The zero-order chi connectivity index (χ0) is 14.2. The lowest BCUT2D eigenvalue weighted by Gasteiger charge is -2.37. The lowest BCUT2D eigenvalue weighted by Crippen LogP contribution is -2.54. The van der Waals surface area contributed by atoms with E-state index in [1.54, 1.807) is 0 Å². The number of hydrogen-bond donors (Lipinski definition) is 2. The minimum Gasteiger partial charge on any atom is -0.393 e. The standard InChI is InChI=1S/C12H17FN4O2/c1-7-5-16(6-8(2)15-7)11-4-10(14)12(17(18)19)3-9(11)13/h3-4,7-8,15H,5-6,14H2,1-2H3/t7-,8+. The van der Waals surface area contributed by atoms with Gasteiger partial charge in [-0.15, -0.1) is 0 Å². The van der Waals surface area contributed by atoms with Gasteiger partial charge in [-0.25, -0.2) is 4.39 Å². The Hall–Kier alpha value is -1.89. The van der Waals surface area contributed by atoms with Gasteiger partial charge in [-0.05, 0) is 19.9 Å². The van der Waals surface area contributed by atoms with Crippen molar-refractivity contribution in [3.8, 4) is 0 Å². The van der Waals surface area contributed by atoms with Crippen molar-refractivity contribution < 1.29 is 9.31 Å². The van der Waals surface area contributed by atoms with Gasteiger partial charge in [-0.1, -0.05) is 0 Å². The number of nitrogens with zero attached hydrogens (tertiary/aromatic N) is 2. The molecule has 0 radical (unpaired) electrons. The molecular formula is C12H17FN4O2. The first kappa shape index (κ1) is 13.5. The highest BCUT2D eigenvalue weighted by Crippen LogP contribution is 2.31. The van der Waals surface area contributed by atoms with Gasteiger partial charge >= 0.3 is 0 Å². The van der Waals surface area contributed by atoms with Gasteiger partial charge in [0.05, 0.1) is 16.7 Å². The summed E-state index contributed by atoms with van der Waals surface area (Å²) >= 11 is 0. The molecule has 0 amide bonds. The van der Waals surface area contributed by atoms with Gasteiger partial charge in [0.1, 0.15) is 5.69 Å². The van der Waals surface area contributed by atoms with Crippen molar-refractivity contribution in [2.24, 2.45) is 0 Å². The summed E-state index contributed by atoms with van der Waals surface area (Å²) in [7, 11) is 0. The minimum absolute atomic E-state index is 0.0137. The summed E-state index contributed by atoms with van der Waals surface area (Å²) in [5.41, 5.74) is 5.53. The molecule has 1 aromatic carbocycles. The highest BCUT2D eigenvalue weighted by Gasteiger charge is 2.25. The van der Waals surface area contributed by atoms with Gasteiger partial charge in [-0.3, -0.25) is 10.1 Å². The Balaban J connectivity index is 2.35. The van der Waals surface area contributed by atoms with E-state index in [1.807, 2.05) is 18.7 Å². The first-order valence-electron chi connectivity index (χ1n) is 6.13. The van der Waals surface area contributed by atoms with E-state index in [-0.39, 0.29) is 17.8 Å². The summed E-state index contributed by atoms with van der Waals surface area (Å²) in [4.78, 5) is 11.9. The fourth-order valence-corrected chi connectivity index (χ4v) is 2.49. The van der Waals surface area contributed by atoms with E-state index in [2.05, 4.69) is 5.32 Å². The Kier molecular flexibility index (Phi) is 3.57. The predicted octanol–water partition coefficient (Wildman–Crippen LogP) is 1.50. The molecular weight excluding hydrogens is 251 g/mol. The molecule has 104 valence electrons. The van der Waals surface area contributed by atoms with Crippen molar-refractivity contribution in [3.05, 3.63) is 28.1 Å². The molecule has 0 aliphatic carbocycles. The van der Waals surface area contributed by atoms with E-state index < -0.39 is 16.4 Å². The Morgan fingerprint density at radius 3 is 2.53 bits per heavy atom. The van der Waals surface area contributed by atoms with Crippen molar-refractivity contribution in [3.63, 3.8) is 0 Å². The number of rotatable bonds is 2. The molecule has 1 aromatic rings. The van der Waals surface area contributed by atoms with Crippen LogP contribution in [0.25, 0.3) is 0 Å². The van der Waals surface area contributed by atoms with E-state index in [0.29, 0.717) is 18.8 Å². The third kappa shape index (κ3) is 2.76. The van der Waals surface area contributed by atoms with Gasteiger partial charge in [0.15, 0.2) is 5.82 Å². The molecule has 2 rings (SSSR count). The highest BCUT2D eigenvalue weighted by atomic mass is 19.1. The van der Waals surface area contributed by atoms with Crippen LogP contribution in [0.15, 0.2) is 12.1 Å². The lowest BCUT2D eigenvalue weighted by molar-refractivity contribution is -0.384. The van der Waals surface area contributed by atoms with Gasteiger partial charge in [0.25, 0.3) is 5.69 Å². The van der Waals surface area contributed by atoms with E-state index in [9.17, 15) is 14.5 Å². The van der Waals surface area contributed by atoms with Crippen molar-refractivity contribution in [2.45, 2.75) is 25.9 Å². The molecule has 19 heavy (non-hydrogen) atoms.